The summed E-state index contributed by atoms with van der Waals surface area (Å²) in [5, 5.41) is 7.34. The van der Waals surface area contributed by atoms with E-state index in [9.17, 15) is 0 Å². The fourth-order valence-corrected chi connectivity index (χ4v) is 1.61. The van der Waals surface area contributed by atoms with Crippen molar-refractivity contribution < 1.29 is 0 Å². The standard InChI is InChI=1S/C11H15N5/c1-7-6-13-11(12-4)14-10(7)16-9(3)5-8(2)15-16/h5-6H,1-4H3,(H,12,13,14). The molecule has 5 nitrogen and oxygen atoms in total. The smallest absolute Gasteiger partial charge is 0.224 e. The van der Waals surface area contributed by atoms with Crippen LogP contribution in [0.4, 0.5) is 5.95 Å². The third-order valence-electron chi connectivity index (χ3n) is 2.38. The highest BCUT2D eigenvalue weighted by Crippen LogP contribution is 2.14. The maximum Gasteiger partial charge on any atom is 0.224 e. The third kappa shape index (κ3) is 1.76. The molecule has 0 bridgehead atoms. The van der Waals surface area contributed by atoms with Crippen molar-refractivity contribution in [2.24, 2.45) is 0 Å². The monoisotopic (exact) mass is 217 g/mol. The fraction of sp³-hybridized carbons (Fsp3) is 0.364. The van der Waals surface area contributed by atoms with Crippen LogP contribution in [-0.2, 0) is 0 Å². The van der Waals surface area contributed by atoms with Gasteiger partial charge in [-0.15, -0.1) is 0 Å². The number of nitrogens with one attached hydrogen (secondary N) is 1. The van der Waals surface area contributed by atoms with E-state index in [1.165, 1.54) is 0 Å². The Morgan fingerprint density at radius 1 is 1.25 bits per heavy atom. The van der Waals surface area contributed by atoms with Crippen molar-refractivity contribution in [3.05, 3.63) is 29.2 Å². The topological polar surface area (TPSA) is 55.6 Å². The van der Waals surface area contributed by atoms with Crippen LogP contribution >= 0.6 is 0 Å². The highest BCUT2D eigenvalue weighted by Gasteiger charge is 2.09. The first-order chi connectivity index (χ1) is 7.61. The molecule has 1 N–H and O–H groups in total. The number of aryl methyl sites for hydroxylation is 3. The zero-order chi connectivity index (χ0) is 11.7. The van der Waals surface area contributed by atoms with E-state index >= 15 is 0 Å². The minimum absolute atomic E-state index is 0.605. The van der Waals surface area contributed by atoms with Gasteiger partial charge in [0.15, 0.2) is 5.82 Å². The van der Waals surface area contributed by atoms with Gasteiger partial charge in [0.2, 0.25) is 5.95 Å². The molecule has 2 aromatic rings. The van der Waals surface area contributed by atoms with E-state index in [2.05, 4.69) is 20.4 Å². The minimum Gasteiger partial charge on any atom is -0.357 e. The number of hydrogen-bond donors (Lipinski definition) is 1. The van der Waals surface area contributed by atoms with Crippen LogP contribution in [0.5, 0.6) is 0 Å². The summed E-state index contributed by atoms with van der Waals surface area (Å²) in [5.74, 6) is 1.43. The van der Waals surface area contributed by atoms with Crippen molar-refractivity contribution in [1.82, 2.24) is 19.7 Å². The van der Waals surface area contributed by atoms with Gasteiger partial charge in [0.25, 0.3) is 0 Å². The molecule has 0 aliphatic carbocycles. The van der Waals surface area contributed by atoms with Crippen molar-refractivity contribution in [3.8, 4) is 5.82 Å². The van der Waals surface area contributed by atoms with E-state index in [1.54, 1.807) is 13.2 Å². The van der Waals surface area contributed by atoms with E-state index in [-0.39, 0.29) is 0 Å². The first-order valence-corrected chi connectivity index (χ1v) is 5.17. The molecule has 0 aromatic carbocycles. The number of aromatic nitrogens is 4. The SMILES string of the molecule is CNc1ncc(C)c(-n2nc(C)cc2C)n1. The lowest BCUT2D eigenvalue weighted by atomic mass is 10.3. The quantitative estimate of drug-likeness (QED) is 0.830. The molecule has 0 atom stereocenters. The van der Waals surface area contributed by atoms with Gasteiger partial charge in [0, 0.05) is 24.5 Å². The second-order valence-corrected chi connectivity index (χ2v) is 3.79. The summed E-state index contributed by atoms with van der Waals surface area (Å²) in [6.07, 6.45) is 1.80. The Kier molecular flexibility index (Phi) is 2.60. The second kappa shape index (κ2) is 3.92. The Hall–Kier alpha value is -1.91. The molecule has 0 spiro atoms. The molecule has 84 valence electrons. The average molecular weight is 217 g/mol. The predicted molar refractivity (Wildman–Crippen MR) is 62.9 cm³/mol. The van der Waals surface area contributed by atoms with Crippen LogP contribution in [0.15, 0.2) is 12.3 Å². The summed E-state index contributed by atoms with van der Waals surface area (Å²) in [4.78, 5) is 8.57. The van der Waals surface area contributed by atoms with Crippen LogP contribution in [-0.4, -0.2) is 26.8 Å². The normalized spacial score (nSPS) is 10.5. The van der Waals surface area contributed by atoms with Crippen molar-refractivity contribution in [2.45, 2.75) is 20.8 Å². The molecule has 0 amide bonds. The van der Waals surface area contributed by atoms with Gasteiger partial charge in [-0.1, -0.05) is 0 Å². The Labute approximate surface area is 94.5 Å². The van der Waals surface area contributed by atoms with Crippen LogP contribution in [0.25, 0.3) is 5.82 Å². The van der Waals surface area contributed by atoms with E-state index in [1.807, 2.05) is 31.5 Å². The van der Waals surface area contributed by atoms with E-state index in [4.69, 9.17) is 0 Å². The average Bonchev–Trinajstić information content (AvgIpc) is 2.58. The van der Waals surface area contributed by atoms with Crippen LogP contribution in [0, 0.1) is 20.8 Å². The maximum atomic E-state index is 4.42. The summed E-state index contributed by atoms with van der Waals surface area (Å²) in [6.45, 7) is 5.96. The largest absolute Gasteiger partial charge is 0.357 e. The molecule has 0 aliphatic heterocycles. The van der Waals surface area contributed by atoms with Crippen LogP contribution in [0.1, 0.15) is 17.0 Å². The summed E-state index contributed by atoms with van der Waals surface area (Å²) in [6, 6.07) is 2.03. The Morgan fingerprint density at radius 2 is 2.00 bits per heavy atom. The molecule has 0 saturated carbocycles. The summed E-state index contributed by atoms with van der Waals surface area (Å²) in [7, 11) is 1.80. The lowest BCUT2D eigenvalue weighted by Crippen LogP contribution is -2.07. The van der Waals surface area contributed by atoms with Crippen LogP contribution < -0.4 is 5.32 Å². The Balaban J connectivity index is 2.58. The lowest BCUT2D eigenvalue weighted by molar-refractivity contribution is 0.794. The maximum absolute atomic E-state index is 4.42. The molecule has 16 heavy (non-hydrogen) atoms. The minimum atomic E-state index is 0.605. The molecular weight excluding hydrogens is 202 g/mol. The van der Waals surface area contributed by atoms with Crippen molar-refractivity contribution in [3.63, 3.8) is 0 Å². The Morgan fingerprint density at radius 3 is 2.56 bits per heavy atom. The fourth-order valence-electron chi connectivity index (χ4n) is 1.61. The van der Waals surface area contributed by atoms with E-state index in [0.717, 1.165) is 22.8 Å². The first-order valence-electron chi connectivity index (χ1n) is 5.17. The van der Waals surface area contributed by atoms with Gasteiger partial charge in [-0.05, 0) is 26.8 Å². The van der Waals surface area contributed by atoms with E-state index in [0.29, 0.717) is 5.95 Å². The van der Waals surface area contributed by atoms with Gasteiger partial charge in [0.1, 0.15) is 0 Å². The van der Waals surface area contributed by atoms with Crippen LogP contribution in [0.2, 0.25) is 0 Å². The molecule has 0 saturated heterocycles. The highest BCUT2D eigenvalue weighted by molar-refractivity contribution is 5.38. The van der Waals surface area contributed by atoms with Gasteiger partial charge in [-0.2, -0.15) is 10.1 Å². The molecule has 0 unspecified atom stereocenters. The third-order valence-corrected chi connectivity index (χ3v) is 2.38. The number of nitrogens with zero attached hydrogens (tertiary/aromatic N) is 4. The molecule has 2 heterocycles. The van der Waals surface area contributed by atoms with Gasteiger partial charge in [-0.3, -0.25) is 0 Å². The number of hydrogen-bond acceptors (Lipinski definition) is 4. The zero-order valence-electron chi connectivity index (χ0n) is 9.94. The van der Waals surface area contributed by atoms with Crippen molar-refractivity contribution in [2.75, 3.05) is 12.4 Å². The molecule has 0 aliphatic rings. The lowest BCUT2D eigenvalue weighted by Gasteiger charge is -2.08. The summed E-state index contributed by atoms with van der Waals surface area (Å²) >= 11 is 0. The van der Waals surface area contributed by atoms with E-state index < -0.39 is 0 Å². The first kappa shape index (κ1) is 10.6. The van der Waals surface area contributed by atoms with Gasteiger partial charge in [-0.25, -0.2) is 9.67 Å². The predicted octanol–water partition coefficient (Wildman–Crippen LogP) is 1.63. The molecule has 5 heteroatoms. The molecule has 2 rings (SSSR count). The van der Waals surface area contributed by atoms with Gasteiger partial charge < -0.3 is 5.32 Å². The van der Waals surface area contributed by atoms with Crippen molar-refractivity contribution in [1.29, 1.82) is 0 Å². The van der Waals surface area contributed by atoms with Gasteiger partial charge >= 0.3 is 0 Å². The number of rotatable bonds is 2. The summed E-state index contributed by atoms with van der Waals surface area (Å²) < 4.78 is 1.84. The van der Waals surface area contributed by atoms with Crippen molar-refractivity contribution >= 4 is 5.95 Å². The summed E-state index contributed by atoms with van der Waals surface area (Å²) in [5.41, 5.74) is 3.06. The zero-order valence-corrected chi connectivity index (χ0v) is 9.94. The van der Waals surface area contributed by atoms with Gasteiger partial charge in [0.05, 0.1) is 5.69 Å². The Bertz CT molecular complexity index is 515. The van der Waals surface area contributed by atoms with Crippen LogP contribution in [0.3, 0.4) is 0 Å². The molecular formula is C11H15N5. The second-order valence-electron chi connectivity index (χ2n) is 3.79. The molecule has 0 radical (unpaired) electrons. The number of anilines is 1. The highest BCUT2D eigenvalue weighted by atomic mass is 15.3. The molecule has 2 aromatic heterocycles. The molecule has 0 fully saturated rings.